The van der Waals surface area contributed by atoms with E-state index in [2.05, 4.69) is 15.1 Å². The third-order valence-corrected chi connectivity index (χ3v) is 5.45. The van der Waals surface area contributed by atoms with Gasteiger partial charge in [-0.25, -0.2) is 14.8 Å². The normalized spacial score (nSPS) is 11.4. The molecule has 0 aliphatic rings. The van der Waals surface area contributed by atoms with Gasteiger partial charge < -0.3 is 4.52 Å². The van der Waals surface area contributed by atoms with E-state index in [1.54, 1.807) is 7.05 Å². The van der Waals surface area contributed by atoms with Gasteiger partial charge in [-0.15, -0.1) is 11.3 Å². The van der Waals surface area contributed by atoms with Gasteiger partial charge in [0.2, 0.25) is 0 Å². The summed E-state index contributed by atoms with van der Waals surface area (Å²) in [6.45, 7) is 3.89. The van der Waals surface area contributed by atoms with Crippen LogP contribution in [0.4, 0.5) is 0 Å². The van der Waals surface area contributed by atoms with Crippen LogP contribution in [0.25, 0.3) is 21.7 Å². The molecule has 0 bridgehead atoms. The first kappa shape index (κ1) is 17.3. The Kier molecular flexibility index (Phi) is 4.23. The molecule has 4 rings (SSSR count). The fourth-order valence-corrected chi connectivity index (χ4v) is 3.75. The number of aromatic nitrogens is 5. The highest BCUT2D eigenvalue weighted by Crippen LogP contribution is 2.21. The summed E-state index contributed by atoms with van der Waals surface area (Å²) in [5.74, 6) is 1.20. The van der Waals surface area contributed by atoms with E-state index in [4.69, 9.17) is 4.52 Å². The average Bonchev–Trinajstić information content (AvgIpc) is 3.31. The van der Waals surface area contributed by atoms with Gasteiger partial charge in [0, 0.05) is 25.4 Å². The quantitative estimate of drug-likeness (QED) is 0.535. The molecule has 4 aromatic heterocycles. The molecule has 0 aliphatic heterocycles. The second-order valence-electron chi connectivity index (χ2n) is 6.26. The zero-order chi connectivity index (χ0) is 19.1. The minimum atomic E-state index is -0.407. The molecule has 0 saturated carbocycles. The predicted molar refractivity (Wildman–Crippen MR) is 102 cm³/mol. The van der Waals surface area contributed by atoms with Crippen molar-refractivity contribution in [1.82, 2.24) is 24.3 Å². The van der Waals surface area contributed by atoms with Crippen LogP contribution in [0.3, 0.4) is 0 Å². The van der Waals surface area contributed by atoms with Crippen molar-refractivity contribution in [3.8, 4) is 10.7 Å². The summed E-state index contributed by atoms with van der Waals surface area (Å²) in [6.07, 6.45) is 1.97. The lowest BCUT2D eigenvalue weighted by molar-refractivity contribution is 0.392. The Hall–Kier alpha value is -3.07. The van der Waals surface area contributed by atoms with Crippen molar-refractivity contribution in [2.45, 2.75) is 26.8 Å². The largest absolute Gasteiger partial charge is 0.361 e. The molecule has 9 heteroatoms. The molecule has 0 saturated heterocycles. The standard InChI is InChI=1S/C18H17N5O3S/c1-10-12(11(2)26-21-10)6-7-23-17(24)13-9-19-15(14-5-4-8-27-14)20-16(13)22(3)18(23)25/h4-5,8-9H,6-7H2,1-3H3. The maximum Gasteiger partial charge on any atom is 0.332 e. The van der Waals surface area contributed by atoms with E-state index < -0.39 is 11.2 Å². The Morgan fingerprint density at radius 1 is 1.26 bits per heavy atom. The number of aryl methyl sites for hydroxylation is 3. The Labute approximate surface area is 157 Å². The Bertz CT molecular complexity index is 1230. The molecule has 0 N–H and O–H groups in total. The van der Waals surface area contributed by atoms with Gasteiger partial charge in [-0.05, 0) is 31.7 Å². The molecule has 0 aliphatic carbocycles. The SMILES string of the molecule is Cc1noc(C)c1CCn1c(=O)c2cnc(-c3cccs3)nc2n(C)c1=O. The Morgan fingerprint density at radius 3 is 2.74 bits per heavy atom. The van der Waals surface area contributed by atoms with Crippen molar-refractivity contribution >= 4 is 22.4 Å². The van der Waals surface area contributed by atoms with E-state index >= 15 is 0 Å². The van der Waals surface area contributed by atoms with Crippen LogP contribution >= 0.6 is 11.3 Å². The molecule has 4 heterocycles. The third-order valence-electron chi connectivity index (χ3n) is 4.59. The average molecular weight is 383 g/mol. The number of hydrogen-bond acceptors (Lipinski definition) is 7. The summed E-state index contributed by atoms with van der Waals surface area (Å²) in [6, 6.07) is 3.80. The fourth-order valence-electron chi connectivity index (χ4n) is 3.09. The van der Waals surface area contributed by atoms with Crippen molar-refractivity contribution in [2.75, 3.05) is 0 Å². The highest BCUT2D eigenvalue weighted by molar-refractivity contribution is 7.13. The van der Waals surface area contributed by atoms with Gasteiger partial charge in [0.15, 0.2) is 11.5 Å². The highest BCUT2D eigenvalue weighted by atomic mass is 32.1. The molecule has 0 radical (unpaired) electrons. The molecule has 4 aromatic rings. The summed E-state index contributed by atoms with van der Waals surface area (Å²) >= 11 is 1.50. The molecule has 0 spiro atoms. The van der Waals surface area contributed by atoms with Gasteiger partial charge in [-0.2, -0.15) is 0 Å². The maximum atomic E-state index is 12.9. The number of fused-ring (bicyclic) bond motifs is 1. The smallest absolute Gasteiger partial charge is 0.332 e. The summed E-state index contributed by atoms with van der Waals surface area (Å²) in [5.41, 5.74) is 1.21. The van der Waals surface area contributed by atoms with E-state index in [1.807, 2.05) is 31.4 Å². The second-order valence-corrected chi connectivity index (χ2v) is 7.21. The predicted octanol–water partition coefficient (Wildman–Crippen LogP) is 2.07. The molecule has 0 aromatic carbocycles. The first-order chi connectivity index (χ1) is 13.0. The van der Waals surface area contributed by atoms with Crippen molar-refractivity contribution < 1.29 is 4.52 Å². The first-order valence-corrected chi connectivity index (χ1v) is 9.27. The van der Waals surface area contributed by atoms with Crippen LogP contribution in [0.5, 0.6) is 0 Å². The number of nitrogens with zero attached hydrogens (tertiary/aromatic N) is 5. The summed E-state index contributed by atoms with van der Waals surface area (Å²) < 4.78 is 7.75. The van der Waals surface area contributed by atoms with Crippen LogP contribution < -0.4 is 11.2 Å². The second kappa shape index (κ2) is 6.58. The number of hydrogen-bond donors (Lipinski definition) is 0. The molecular formula is C18H17N5O3S. The molecule has 8 nitrogen and oxygen atoms in total. The number of rotatable bonds is 4. The van der Waals surface area contributed by atoms with Crippen molar-refractivity contribution in [2.24, 2.45) is 7.05 Å². The lowest BCUT2D eigenvalue weighted by atomic mass is 10.1. The summed E-state index contributed by atoms with van der Waals surface area (Å²) in [7, 11) is 1.61. The van der Waals surface area contributed by atoms with Crippen molar-refractivity contribution in [3.63, 3.8) is 0 Å². The van der Waals surface area contributed by atoms with Crippen LogP contribution in [0.2, 0.25) is 0 Å². The van der Waals surface area contributed by atoms with Gasteiger partial charge in [-0.3, -0.25) is 13.9 Å². The maximum absolute atomic E-state index is 12.9. The molecular weight excluding hydrogens is 366 g/mol. The van der Waals surface area contributed by atoms with E-state index in [-0.39, 0.29) is 6.54 Å². The van der Waals surface area contributed by atoms with Crippen LogP contribution in [0.1, 0.15) is 17.0 Å². The minimum absolute atomic E-state index is 0.233. The Morgan fingerprint density at radius 2 is 2.07 bits per heavy atom. The van der Waals surface area contributed by atoms with Gasteiger partial charge in [0.05, 0.1) is 10.6 Å². The topological polar surface area (TPSA) is 95.8 Å². The first-order valence-electron chi connectivity index (χ1n) is 8.39. The molecule has 0 fully saturated rings. The molecule has 0 amide bonds. The van der Waals surface area contributed by atoms with Gasteiger partial charge in [-0.1, -0.05) is 11.2 Å². The molecule has 138 valence electrons. The zero-order valence-electron chi connectivity index (χ0n) is 15.1. The van der Waals surface area contributed by atoms with Gasteiger partial charge in [0.1, 0.15) is 11.1 Å². The van der Waals surface area contributed by atoms with Crippen LogP contribution in [0, 0.1) is 13.8 Å². The molecule has 0 atom stereocenters. The third kappa shape index (κ3) is 2.89. The minimum Gasteiger partial charge on any atom is -0.361 e. The van der Waals surface area contributed by atoms with Gasteiger partial charge in [0.25, 0.3) is 5.56 Å². The molecule has 27 heavy (non-hydrogen) atoms. The van der Waals surface area contributed by atoms with E-state index in [9.17, 15) is 9.59 Å². The van der Waals surface area contributed by atoms with Crippen LogP contribution in [-0.4, -0.2) is 24.3 Å². The van der Waals surface area contributed by atoms with Crippen molar-refractivity contribution in [1.29, 1.82) is 0 Å². The van der Waals surface area contributed by atoms with Crippen LogP contribution in [-0.2, 0) is 20.0 Å². The van der Waals surface area contributed by atoms with Gasteiger partial charge >= 0.3 is 5.69 Å². The van der Waals surface area contributed by atoms with E-state index in [0.29, 0.717) is 29.0 Å². The number of thiophene rings is 1. The summed E-state index contributed by atoms with van der Waals surface area (Å²) in [5, 5.41) is 6.15. The van der Waals surface area contributed by atoms with E-state index in [0.717, 1.165) is 16.1 Å². The van der Waals surface area contributed by atoms with E-state index in [1.165, 1.54) is 26.7 Å². The van der Waals surface area contributed by atoms with Crippen molar-refractivity contribution in [3.05, 3.63) is 61.6 Å². The fraction of sp³-hybridized carbons (Fsp3) is 0.278. The summed E-state index contributed by atoms with van der Waals surface area (Å²) in [4.78, 5) is 35.3. The Balaban J connectivity index is 1.80. The highest BCUT2D eigenvalue weighted by Gasteiger charge is 2.16. The van der Waals surface area contributed by atoms with Crippen LogP contribution in [0.15, 0.2) is 37.8 Å². The zero-order valence-corrected chi connectivity index (χ0v) is 15.9. The molecule has 0 unspecified atom stereocenters. The lowest BCUT2D eigenvalue weighted by Crippen LogP contribution is -2.40. The monoisotopic (exact) mass is 383 g/mol. The lowest BCUT2D eigenvalue weighted by Gasteiger charge is -2.10.